The van der Waals surface area contributed by atoms with Crippen LogP contribution in [0.1, 0.15) is 77.7 Å². The molecule has 2 fully saturated rings. The van der Waals surface area contributed by atoms with Crippen molar-refractivity contribution >= 4 is 54.0 Å². The number of nitrogens with one attached hydrogen (secondary N) is 3. The smallest absolute Gasteiger partial charge is 0.245 e. The molecule has 51 heavy (non-hydrogen) atoms. The summed E-state index contributed by atoms with van der Waals surface area (Å²) >= 11 is 4.55. The number of hydrogen-bond acceptors (Lipinski definition) is 8. The van der Waals surface area contributed by atoms with Gasteiger partial charge in [-0.05, 0) is 56.4 Å². The van der Waals surface area contributed by atoms with E-state index in [1.54, 1.807) is 14.1 Å². The first-order chi connectivity index (χ1) is 24.1. The maximum Gasteiger partial charge on any atom is 0.245 e. The number of carbonyl (C=O) groups excluding carboxylic acids is 7. The Morgan fingerprint density at radius 2 is 1.41 bits per heavy atom. The molecule has 0 radical (unpaired) electrons. The van der Waals surface area contributed by atoms with E-state index in [9.17, 15) is 33.6 Å². The molecular formula is C36H55N7O7S. The van der Waals surface area contributed by atoms with E-state index in [0.29, 0.717) is 38.6 Å². The van der Waals surface area contributed by atoms with Gasteiger partial charge in [0.2, 0.25) is 41.4 Å². The van der Waals surface area contributed by atoms with Crippen LogP contribution in [0.15, 0.2) is 30.3 Å². The first kappa shape index (κ1) is 41.3. The van der Waals surface area contributed by atoms with Gasteiger partial charge < -0.3 is 36.4 Å². The molecule has 0 aliphatic carbocycles. The molecule has 0 unspecified atom stereocenters. The van der Waals surface area contributed by atoms with Crippen LogP contribution in [0.25, 0.3) is 0 Å². The Kier molecular flexibility index (Phi) is 15.8. The second-order valence-electron chi connectivity index (χ2n) is 14.2. The van der Waals surface area contributed by atoms with Gasteiger partial charge in [-0.2, -0.15) is 12.6 Å². The molecule has 0 spiro atoms. The fourth-order valence-electron chi connectivity index (χ4n) is 6.61. The van der Waals surface area contributed by atoms with Gasteiger partial charge in [-0.3, -0.25) is 33.6 Å². The molecule has 3 rings (SSSR count). The number of benzene rings is 1. The van der Waals surface area contributed by atoms with Gasteiger partial charge in [-0.1, -0.05) is 44.2 Å². The minimum atomic E-state index is -1.08. The van der Waals surface area contributed by atoms with Gasteiger partial charge in [0.05, 0.1) is 0 Å². The number of primary amides is 1. The zero-order chi connectivity index (χ0) is 37.8. The monoisotopic (exact) mass is 729 g/mol. The van der Waals surface area contributed by atoms with Crippen LogP contribution in [0.2, 0.25) is 0 Å². The summed E-state index contributed by atoms with van der Waals surface area (Å²) in [7, 11) is 3.28. The fourth-order valence-corrected chi connectivity index (χ4v) is 6.91. The molecule has 15 heteroatoms. The Bertz CT molecular complexity index is 1410. The van der Waals surface area contributed by atoms with Gasteiger partial charge in [0, 0.05) is 52.2 Å². The fraction of sp³-hybridized carbons (Fsp3) is 0.639. The summed E-state index contributed by atoms with van der Waals surface area (Å²) in [5, 5.41) is 8.01. The zero-order valence-corrected chi connectivity index (χ0v) is 31.3. The number of rotatable bonds is 17. The molecule has 0 bridgehead atoms. The van der Waals surface area contributed by atoms with E-state index < -0.39 is 65.0 Å². The number of amides is 7. The van der Waals surface area contributed by atoms with E-state index in [4.69, 9.17) is 5.73 Å². The maximum atomic E-state index is 14.1. The molecule has 2 aliphatic rings. The van der Waals surface area contributed by atoms with E-state index in [2.05, 4.69) is 28.6 Å². The Morgan fingerprint density at radius 3 is 1.96 bits per heavy atom. The molecule has 6 atom stereocenters. The predicted molar refractivity (Wildman–Crippen MR) is 195 cm³/mol. The quantitative estimate of drug-likeness (QED) is 0.146. The molecule has 1 aromatic rings. The van der Waals surface area contributed by atoms with Crippen molar-refractivity contribution < 1.29 is 33.6 Å². The van der Waals surface area contributed by atoms with Crippen molar-refractivity contribution in [3.63, 3.8) is 0 Å². The van der Waals surface area contributed by atoms with Crippen LogP contribution in [0.3, 0.4) is 0 Å². The second kappa shape index (κ2) is 19.5. The van der Waals surface area contributed by atoms with Crippen molar-refractivity contribution in [3.8, 4) is 0 Å². The van der Waals surface area contributed by atoms with E-state index in [-0.39, 0.29) is 50.0 Å². The van der Waals surface area contributed by atoms with Crippen molar-refractivity contribution in [2.45, 2.75) is 114 Å². The van der Waals surface area contributed by atoms with Crippen molar-refractivity contribution in [2.75, 3.05) is 27.2 Å². The topological polar surface area (TPSA) is 191 Å². The van der Waals surface area contributed by atoms with Crippen LogP contribution >= 0.6 is 12.6 Å². The summed E-state index contributed by atoms with van der Waals surface area (Å²) in [6.45, 7) is 5.94. The first-order valence-corrected chi connectivity index (χ1v) is 18.3. The van der Waals surface area contributed by atoms with Gasteiger partial charge in [-0.25, -0.2) is 0 Å². The molecule has 5 N–H and O–H groups in total. The van der Waals surface area contributed by atoms with E-state index in [0.717, 1.165) is 5.56 Å². The largest absolute Gasteiger partial charge is 0.368 e. The molecule has 0 saturated carbocycles. The number of thiol groups is 1. The third-order valence-electron chi connectivity index (χ3n) is 9.39. The van der Waals surface area contributed by atoms with E-state index in [1.165, 1.54) is 21.6 Å². The van der Waals surface area contributed by atoms with E-state index >= 15 is 0 Å². The molecule has 7 amide bonds. The molecule has 14 nitrogen and oxygen atoms in total. The van der Waals surface area contributed by atoms with Gasteiger partial charge in [0.1, 0.15) is 30.2 Å². The van der Waals surface area contributed by atoms with Gasteiger partial charge in [-0.15, -0.1) is 0 Å². The zero-order valence-electron chi connectivity index (χ0n) is 30.4. The summed E-state index contributed by atoms with van der Waals surface area (Å²) in [6, 6.07) is 4.50. The highest BCUT2D eigenvalue weighted by molar-refractivity contribution is 7.81. The second-order valence-corrected chi connectivity index (χ2v) is 14.9. The summed E-state index contributed by atoms with van der Waals surface area (Å²) in [5.41, 5.74) is 6.45. The van der Waals surface area contributed by atoms with Crippen LogP contribution in [0.5, 0.6) is 0 Å². The summed E-state index contributed by atoms with van der Waals surface area (Å²) < 4.78 is 0. The van der Waals surface area contributed by atoms with Gasteiger partial charge in [0.15, 0.2) is 0 Å². The number of hydrogen-bond donors (Lipinski definition) is 5. The van der Waals surface area contributed by atoms with Gasteiger partial charge in [0.25, 0.3) is 0 Å². The number of nitrogens with zero attached hydrogens (tertiary/aromatic N) is 3. The number of likely N-dealkylation sites (tertiary alicyclic amines) is 2. The molecule has 2 heterocycles. The van der Waals surface area contributed by atoms with Crippen molar-refractivity contribution in [1.29, 1.82) is 0 Å². The van der Waals surface area contributed by atoms with Crippen LogP contribution in [0.4, 0.5) is 0 Å². The lowest BCUT2D eigenvalue weighted by molar-refractivity contribution is -0.143. The average molecular weight is 730 g/mol. The molecule has 1 aromatic carbocycles. The van der Waals surface area contributed by atoms with Crippen molar-refractivity contribution in [2.24, 2.45) is 11.7 Å². The SMILES string of the molecule is CC(=O)N1CCC[C@H]1C(=O)N[C@@H](CC[C@H](S)CC(=O)N(C)C)C(=O)N[C@@H](CC(C)C)C(=O)N1CCC[C@H]1C(=O)N[C@@H](Cc1ccccc1)C(N)=O. The lowest BCUT2D eigenvalue weighted by Crippen LogP contribution is -2.59. The Morgan fingerprint density at radius 1 is 0.843 bits per heavy atom. The average Bonchev–Trinajstić information content (AvgIpc) is 3.77. The minimum Gasteiger partial charge on any atom is -0.368 e. The lowest BCUT2D eigenvalue weighted by atomic mass is 10.00. The maximum absolute atomic E-state index is 14.1. The first-order valence-electron chi connectivity index (χ1n) is 17.8. The number of carbonyl (C=O) groups is 7. The molecule has 282 valence electrons. The van der Waals surface area contributed by atoms with E-state index in [1.807, 2.05) is 44.2 Å². The van der Waals surface area contributed by atoms with Crippen LogP contribution in [-0.4, -0.2) is 119 Å². The Balaban J connectivity index is 1.78. The standard InChI is InChI=1S/C36H55N7O7S/c1-22(2)19-28(36(50)43-18-10-14-30(43)35(49)39-27(32(37)46)20-24-11-7-6-8-12-24)40-33(47)26(16-15-25(51)21-31(45)41(4)5)38-34(48)29-13-9-17-42(29)23(3)44/h6-8,11-12,22,25-30,51H,9-10,13-21H2,1-5H3,(H2,37,46)(H,38,48)(H,39,49)(H,40,47)/t25-,26-,27-,28-,29-,30-/m0/s1. The van der Waals surface area contributed by atoms with Crippen molar-refractivity contribution in [1.82, 2.24) is 30.7 Å². The molecule has 0 aromatic heterocycles. The molecule has 2 saturated heterocycles. The summed E-state index contributed by atoms with van der Waals surface area (Å²) in [4.78, 5) is 96.2. The highest BCUT2D eigenvalue weighted by atomic mass is 32.1. The molecule has 2 aliphatic heterocycles. The lowest BCUT2D eigenvalue weighted by Gasteiger charge is -2.31. The van der Waals surface area contributed by atoms with Crippen LogP contribution in [-0.2, 0) is 40.0 Å². The third-order valence-corrected chi connectivity index (χ3v) is 9.83. The van der Waals surface area contributed by atoms with Gasteiger partial charge >= 0.3 is 0 Å². The highest BCUT2D eigenvalue weighted by Crippen LogP contribution is 2.22. The minimum absolute atomic E-state index is 0.0197. The summed E-state index contributed by atoms with van der Waals surface area (Å²) in [5.74, 6) is -3.08. The highest BCUT2D eigenvalue weighted by Gasteiger charge is 2.40. The Labute approximate surface area is 306 Å². The summed E-state index contributed by atoms with van der Waals surface area (Å²) in [6.07, 6.45) is 3.07. The predicted octanol–water partition coefficient (Wildman–Crippen LogP) is 0.774. The van der Waals surface area contributed by atoms with Crippen LogP contribution in [0, 0.1) is 5.92 Å². The Hall–Kier alpha value is -4.14. The van der Waals surface area contributed by atoms with Crippen LogP contribution < -0.4 is 21.7 Å². The molecular weight excluding hydrogens is 675 g/mol. The third kappa shape index (κ3) is 12.3. The normalized spacial score (nSPS) is 19.5. The van der Waals surface area contributed by atoms with Crippen molar-refractivity contribution in [3.05, 3.63) is 35.9 Å². The number of nitrogens with two attached hydrogens (primary N) is 1.